The first-order valence-electron chi connectivity index (χ1n) is 7.42. The van der Waals surface area contributed by atoms with E-state index in [1.807, 2.05) is 23.1 Å². The van der Waals surface area contributed by atoms with Gasteiger partial charge >= 0.3 is 0 Å². The van der Waals surface area contributed by atoms with Gasteiger partial charge in [0.1, 0.15) is 5.75 Å². The van der Waals surface area contributed by atoms with Gasteiger partial charge in [-0.05, 0) is 37.3 Å². The average Bonchev–Trinajstić information content (AvgIpc) is 2.66. The zero-order chi connectivity index (χ0) is 14.4. The van der Waals surface area contributed by atoms with Crippen molar-refractivity contribution in [3.63, 3.8) is 0 Å². The Morgan fingerprint density at radius 1 is 1.35 bits per heavy atom. The van der Waals surface area contributed by atoms with Crippen LogP contribution in [0.3, 0.4) is 0 Å². The van der Waals surface area contributed by atoms with Gasteiger partial charge in [0, 0.05) is 13.1 Å². The fraction of sp³-hybridized carbons (Fsp3) is 0.562. The van der Waals surface area contributed by atoms with Crippen LogP contribution < -0.4 is 10.5 Å². The Hall–Kier alpha value is -1.71. The predicted octanol–water partition coefficient (Wildman–Crippen LogP) is 2.69. The van der Waals surface area contributed by atoms with Crippen LogP contribution in [-0.2, 0) is 4.79 Å². The van der Waals surface area contributed by atoms with E-state index in [2.05, 4.69) is 6.92 Å². The summed E-state index contributed by atoms with van der Waals surface area (Å²) < 4.78 is 5.58. The molecule has 0 saturated carbocycles. The SMILES string of the molecule is CC1CCCN(C(=O)CCOc2ccccc2N)CC1. The molecule has 2 N–H and O–H groups in total. The van der Waals surface area contributed by atoms with E-state index in [4.69, 9.17) is 10.5 Å². The second-order valence-corrected chi connectivity index (χ2v) is 5.55. The summed E-state index contributed by atoms with van der Waals surface area (Å²) in [6.07, 6.45) is 3.86. The highest BCUT2D eigenvalue weighted by Crippen LogP contribution is 2.20. The molecule has 0 radical (unpaired) electrons. The fourth-order valence-corrected chi connectivity index (χ4v) is 2.53. The Bertz CT molecular complexity index is 448. The molecule has 1 aromatic carbocycles. The number of carbonyl (C=O) groups is 1. The van der Waals surface area contributed by atoms with Crippen molar-refractivity contribution in [2.24, 2.45) is 5.92 Å². The monoisotopic (exact) mass is 276 g/mol. The second-order valence-electron chi connectivity index (χ2n) is 5.55. The lowest BCUT2D eigenvalue weighted by atomic mass is 10.0. The maximum atomic E-state index is 12.1. The first kappa shape index (κ1) is 14.7. The molecule has 4 nitrogen and oxygen atoms in total. The first-order valence-corrected chi connectivity index (χ1v) is 7.42. The van der Waals surface area contributed by atoms with E-state index < -0.39 is 0 Å². The smallest absolute Gasteiger partial charge is 0.225 e. The van der Waals surface area contributed by atoms with Gasteiger partial charge < -0.3 is 15.4 Å². The van der Waals surface area contributed by atoms with Gasteiger partial charge in [-0.1, -0.05) is 19.1 Å². The molecule has 1 atom stereocenters. The Morgan fingerprint density at radius 3 is 2.95 bits per heavy atom. The Kier molecular flexibility index (Phi) is 5.27. The molecule has 110 valence electrons. The highest BCUT2D eigenvalue weighted by molar-refractivity contribution is 5.76. The molecule has 1 unspecified atom stereocenters. The third-order valence-corrected chi connectivity index (χ3v) is 3.86. The van der Waals surface area contributed by atoms with Crippen molar-refractivity contribution in [3.05, 3.63) is 24.3 Å². The van der Waals surface area contributed by atoms with Crippen LogP contribution in [0.5, 0.6) is 5.75 Å². The molecule has 1 aromatic rings. The summed E-state index contributed by atoms with van der Waals surface area (Å²) >= 11 is 0. The fourth-order valence-electron chi connectivity index (χ4n) is 2.53. The van der Waals surface area contributed by atoms with Gasteiger partial charge in [-0.25, -0.2) is 0 Å². The summed E-state index contributed by atoms with van der Waals surface area (Å²) in [6.45, 7) is 4.42. The van der Waals surface area contributed by atoms with E-state index in [0.717, 1.165) is 31.8 Å². The molecule has 2 rings (SSSR count). The molecule has 1 aliphatic rings. The molecule has 20 heavy (non-hydrogen) atoms. The van der Waals surface area contributed by atoms with Crippen molar-refractivity contribution in [2.75, 3.05) is 25.4 Å². The van der Waals surface area contributed by atoms with Crippen molar-refractivity contribution in [1.82, 2.24) is 4.90 Å². The minimum absolute atomic E-state index is 0.189. The number of hydrogen-bond donors (Lipinski definition) is 1. The van der Waals surface area contributed by atoms with Crippen LogP contribution in [0.1, 0.15) is 32.6 Å². The molecule has 1 amide bonds. The number of amides is 1. The molecule has 0 aliphatic carbocycles. The number of nitrogens with zero attached hydrogens (tertiary/aromatic N) is 1. The van der Waals surface area contributed by atoms with Crippen molar-refractivity contribution in [2.45, 2.75) is 32.6 Å². The van der Waals surface area contributed by atoms with E-state index in [9.17, 15) is 4.79 Å². The quantitative estimate of drug-likeness (QED) is 0.860. The first-order chi connectivity index (χ1) is 9.66. The maximum absolute atomic E-state index is 12.1. The van der Waals surface area contributed by atoms with Gasteiger partial charge in [0.05, 0.1) is 18.7 Å². The molecular formula is C16H24N2O2. The second kappa shape index (κ2) is 7.17. The molecule has 1 fully saturated rings. The van der Waals surface area contributed by atoms with Crippen molar-refractivity contribution in [1.29, 1.82) is 0 Å². The van der Waals surface area contributed by atoms with Crippen molar-refractivity contribution in [3.8, 4) is 5.75 Å². The number of nitrogens with two attached hydrogens (primary N) is 1. The van der Waals surface area contributed by atoms with Crippen molar-refractivity contribution >= 4 is 11.6 Å². The summed E-state index contributed by atoms with van der Waals surface area (Å²) in [5.41, 5.74) is 6.41. The van der Waals surface area contributed by atoms with E-state index in [-0.39, 0.29) is 5.91 Å². The summed E-state index contributed by atoms with van der Waals surface area (Å²) in [5, 5.41) is 0. The molecule has 4 heteroatoms. The third-order valence-electron chi connectivity index (χ3n) is 3.86. The van der Waals surface area contributed by atoms with Gasteiger partial charge in [-0.15, -0.1) is 0 Å². The highest BCUT2D eigenvalue weighted by Gasteiger charge is 2.18. The molecule has 1 heterocycles. The molecule has 1 saturated heterocycles. The molecular weight excluding hydrogens is 252 g/mol. The van der Waals surface area contributed by atoms with Crippen LogP contribution in [-0.4, -0.2) is 30.5 Å². The number of anilines is 1. The normalized spacial score (nSPS) is 19.4. The highest BCUT2D eigenvalue weighted by atomic mass is 16.5. The van der Waals surface area contributed by atoms with Gasteiger partial charge in [-0.3, -0.25) is 4.79 Å². The Balaban J connectivity index is 1.76. The molecule has 0 bridgehead atoms. The summed E-state index contributed by atoms with van der Waals surface area (Å²) in [7, 11) is 0. The summed E-state index contributed by atoms with van der Waals surface area (Å²) in [5.74, 6) is 1.58. The van der Waals surface area contributed by atoms with Gasteiger partial charge in [-0.2, -0.15) is 0 Å². The molecule has 1 aliphatic heterocycles. The topological polar surface area (TPSA) is 55.6 Å². The minimum Gasteiger partial charge on any atom is -0.491 e. The Labute approximate surface area is 120 Å². The van der Waals surface area contributed by atoms with E-state index in [0.29, 0.717) is 24.5 Å². The zero-order valence-electron chi connectivity index (χ0n) is 12.2. The predicted molar refractivity (Wildman–Crippen MR) is 80.6 cm³/mol. The number of nitrogen functional groups attached to an aromatic ring is 1. The number of hydrogen-bond acceptors (Lipinski definition) is 3. The number of likely N-dealkylation sites (tertiary alicyclic amines) is 1. The maximum Gasteiger partial charge on any atom is 0.225 e. The number of ether oxygens (including phenoxy) is 1. The standard InChI is InChI=1S/C16H24N2O2/c1-13-5-4-10-18(11-8-13)16(19)9-12-20-15-7-3-2-6-14(15)17/h2-3,6-7,13H,4-5,8-12,17H2,1H3. The Morgan fingerprint density at radius 2 is 2.15 bits per heavy atom. The van der Waals surface area contributed by atoms with Crippen LogP contribution in [0, 0.1) is 5.92 Å². The van der Waals surface area contributed by atoms with Crippen LogP contribution >= 0.6 is 0 Å². The minimum atomic E-state index is 0.189. The largest absolute Gasteiger partial charge is 0.491 e. The lowest BCUT2D eigenvalue weighted by Crippen LogP contribution is -2.32. The number of rotatable bonds is 4. The lowest BCUT2D eigenvalue weighted by Gasteiger charge is -2.20. The number of benzene rings is 1. The number of para-hydroxylation sites is 2. The van der Waals surface area contributed by atoms with Gasteiger partial charge in [0.2, 0.25) is 5.91 Å². The van der Waals surface area contributed by atoms with Gasteiger partial charge in [0.15, 0.2) is 0 Å². The average molecular weight is 276 g/mol. The summed E-state index contributed by atoms with van der Waals surface area (Å²) in [6, 6.07) is 7.37. The van der Waals surface area contributed by atoms with Crippen LogP contribution in [0.25, 0.3) is 0 Å². The zero-order valence-corrected chi connectivity index (χ0v) is 12.2. The lowest BCUT2D eigenvalue weighted by molar-refractivity contribution is -0.131. The third kappa shape index (κ3) is 4.15. The van der Waals surface area contributed by atoms with E-state index in [1.54, 1.807) is 6.07 Å². The van der Waals surface area contributed by atoms with E-state index >= 15 is 0 Å². The molecule has 0 spiro atoms. The molecule has 0 aromatic heterocycles. The van der Waals surface area contributed by atoms with E-state index in [1.165, 1.54) is 6.42 Å². The number of carbonyl (C=O) groups excluding carboxylic acids is 1. The summed E-state index contributed by atoms with van der Waals surface area (Å²) in [4.78, 5) is 14.1. The van der Waals surface area contributed by atoms with Crippen LogP contribution in [0.15, 0.2) is 24.3 Å². The van der Waals surface area contributed by atoms with Crippen molar-refractivity contribution < 1.29 is 9.53 Å². The van der Waals surface area contributed by atoms with Crippen LogP contribution in [0.4, 0.5) is 5.69 Å². The van der Waals surface area contributed by atoms with Crippen LogP contribution in [0.2, 0.25) is 0 Å². The van der Waals surface area contributed by atoms with Gasteiger partial charge in [0.25, 0.3) is 0 Å².